The van der Waals surface area contributed by atoms with Gasteiger partial charge in [-0.05, 0) is 58.7 Å². The number of aromatic hydroxyl groups is 1. The minimum atomic E-state index is -4.58. The fourth-order valence-electron chi connectivity index (χ4n) is 3.05. The van der Waals surface area contributed by atoms with Crippen LogP contribution in [0.2, 0.25) is 0 Å². The quantitative estimate of drug-likeness (QED) is 0.226. The van der Waals surface area contributed by atoms with Crippen LogP contribution in [0.15, 0.2) is 35.5 Å². The van der Waals surface area contributed by atoms with Gasteiger partial charge in [-0.2, -0.15) is 13.2 Å². The van der Waals surface area contributed by atoms with E-state index < -0.39 is 11.7 Å². The number of halogens is 3. The third-order valence-electron chi connectivity index (χ3n) is 6.14. The van der Waals surface area contributed by atoms with Gasteiger partial charge in [-0.3, -0.25) is 10.9 Å². The van der Waals surface area contributed by atoms with Crippen molar-refractivity contribution in [2.45, 2.75) is 71.4 Å². The second-order valence-corrected chi connectivity index (χ2v) is 8.97. The summed E-state index contributed by atoms with van der Waals surface area (Å²) in [6, 6.07) is 6.48. The molecule has 0 saturated heterocycles. The molecule has 0 aliphatic heterocycles. The predicted octanol–water partition coefficient (Wildman–Crippen LogP) is 7.62. The maximum absolute atomic E-state index is 12.9. The zero-order valence-electron chi connectivity index (χ0n) is 18.7. The lowest BCUT2D eigenvalue weighted by atomic mass is 9.76. The smallest absolute Gasteiger partial charge is 0.416 e. The molecule has 0 saturated carbocycles. The van der Waals surface area contributed by atoms with Gasteiger partial charge in [-0.15, -0.1) is 4.91 Å². The maximum Gasteiger partial charge on any atom is 0.416 e. The highest BCUT2D eigenvalue weighted by Gasteiger charge is 2.31. The van der Waals surface area contributed by atoms with Crippen molar-refractivity contribution in [1.82, 2.24) is 0 Å². The number of hydrogen-bond acceptors (Lipinski definition) is 5. The summed E-state index contributed by atoms with van der Waals surface area (Å²) in [5, 5.41) is 13.6. The Kier molecular flexibility index (Phi) is 6.93. The Balaban J connectivity index is 2.49. The van der Waals surface area contributed by atoms with Crippen LogP contribution in [-0.2, 0) is 17.0 Å². The summed E-state index contributed by atoms with van der Waals surface area (Å²) in [5.74, 6) is 0.0440. The lowest BCUT2D eigenvalue weighted by Crippen LogP contribution is -2.22. The number of nitrogens with one attached hydrogen (secondary N) is 2. The standard InChI is InChI=1S/C23H30F3N3O2/c1-7-21(3,4)15-11-16(22(5,6)8-2)20(30)19(13-15)28-27-17-10-9-14(23(24,25)26)12-18(17)29-31/h9-13,27-28,30H,7-8H2,1-6H3. The van der Waals surface area contributed by atoms with E-state index in [2.05, 4.69) is 36.8 Å². The van der Waals surface area contributed by atoms with Crippen LogP contribution in [0, 0.1) is 4.91 Å². The highest BCUT2D eigenvalue weighted by atomic mass is 19.4. The van der Waals surface area contributed by atoms with E-state index in [0.29, 0.717) is 11.8 Å². The average Bonchev–Trinajstić information content (AvgIpc) is 2.71. The Morgan fingerprint density at radius 2 is 1.45 bits per heavy atom. The zero-order chi connectivity index (χ0) is 23.6. The van der Waals surface area contributed by atoms with E-state index in [4.69, 9.17) is 0 Å². The van der Waals surface area contributed by atoms with Crippen LogP contribution in [0.3, 0.4) is 0 Å². The molecule has 0 aliphatic rings. The molecule has 0 spiro atoms. The number of nitrogens with zero attached hydrogens (tertiary/aromatic N) is 1. The van der Waals surface area contributed by atoms with Gasteiger partial charge in [0.05, 0.1) is 16.9 Å². The molecular weight excluding hydrogens is 407 g/mol. The molecule has 8 heteroatoms. The van der Waals surface area contributed by atoms with Crippen molar-refractivity contribution in [3.63, 3.8) is 0 Å². The second kappa shape index (κ2) is 8.77. The molecule has 0 aromatic heterocycles. The van der Waals surface area contributed by atoms with Crippen LogP contribution < -0.4 is 10.9 Å². The Hall–Kier alpha value is -2.77. The lowest BCUT2D eigenvalue weighted by molar-refractivity contribution is -0.137. The Bertz CT molecular complexity index is 954. The monoisotopic (exact) mass is 437 g/mol. The first-order chi connectivity index (χ1) is 14.3. The van der Waals surface area contributed by atoms with Crippen molar-refractivity contribution in [2.75, 3.05) is 10.9 Å². The SMILES string of the molecule is CCC(C)(C)c1cc(NNc2ccc(C(F)(F)F)cc2N=O)c(O)c(C(C)(C)CC)c1. The maximum atomic E-state index is 12.9. The largest absolute Gasteiger partial charge is 0.505 e. The number of hydrazine groups is 1. The minimum absolute atomic E-state index is 0.0440. The van der Waals surface area contributed by atoms with Crippen molar-refractivity contribution < 1.29 is 18.3 Å². The average molecular weight is 438 g/mol. The Morgan fingerprint density at radius 3 is 1.97 bits per heavy atom. The zero-order valence-corrected chi connectivity index (χ0v) is 18.7. The molecule has 5 nitrogen and oxygen atoms in total. The van der Waals surface area contributed by atoms with E-state index in [1.807, 2.05) is 26.8 Å². The van der Waals surface area contributed by atoms with Crippen LogP contribution in [0.1, 0.15) is 71.1 Å². The molecule has 0 radical (unpaired) electrons. The minimum Gasteiger partial charge on any atom is -0.505 e. The number of hydrogen-bond donors (Lipinski definition) is 3. The predicted molar refractivity (Wildman–Crippen MR) is 119 cm³/mol. The molecule has 2 aromatic rings. The first-order valence-corrected chi connectivity index (χ1v) is 10.2. The second-order valence-electron chi connectivity index (χ2n) is 8.97. The van der Waals surface area contributed by atoms with Crippen molar-refractivity contribution in [1.29, 1.82) is 0 Å². The number of anilines is 2. The first-order valence-electron chi connectivity index (χ1n) is 10.2. The van der Waals surface area contributed by atoms with Gasteiger partial charge >= 0.3 is 6.18 Å². The topological polar surface area (TPSA) is 73.7 Å². The number of phenolic OH excluding ortho intramolecular Hbond substituents is 1. The van der Waals surface area contributed by atoms with Gasteiger partial charge in [0.15, 0.2) is 0 Å². The van der Waals surface area contributed by atoms with Crippen LogP contribution in [-0.4, -0.2) is 5.11 Å². The molecule has 0 fully saturated rings. The first kappa shape index (κ1) is 24.5. The Labute approximate surface area is 181 Å². The molecule has 0 bridgehead atoms. The van der Waals surface area contributed by atoms with E-state index in [-0.39, 0.29) is 28.0 Å². The molecule has 31 heavy (non-hydrogen) atoms. The van der Waals surface area contributed by atoms with Crippen LogP contribution >= 0.6 is 0 Å². The third-order valence-corrected chi connectivity index (χ3v) is 6.14. The number of phenols is 1. The number of nitroso groups, excluding NO2 is 1. The fraction of sp³-hybridized carbons (Fsp3) is 0.478. The molecule has 2 aromatic carbocycles. The van der Waals surface area contributed by atoms with E-state index in [0.717, 1.165) is 36.1 Å². The molecule has 0 heterocycles. The summed E-state index contributed by atoms with van der Waals surface area (Å²) in [4.78, 5) is 11.1. The summed E-state index contributed by atoms with van der Waals surface area (Å²) in [5.41, 5.74) is 5.97. The number of rotatable bonds is 8. The summed E-state index contributed by atoms with van der Waals surface area (Å²) >= 11 is 0. The molecule has 0 atom stereocenters. The van der Waals surface area contributed by atoms with E-state index >= 15 is 0 Å². The third kappa shape index (κ3) is 5.29. The highest BCUT2D eigenvalue weighted by molar-refractivity contribution is 5.71. The molecular formula is C23H30F3N3O2. The Morgan fingerprint density at radius 1 is 0.871 bits per heavy atom. The van der Waals surface area contributed by atoms with E-state index in [1.54, 1.807) is 6.07 Å². The van der Waals surface area contributed by atoms with Gasteiger partial charge in [-0.1, -0.05) is 47.6 Å². The van der Waals surface area contributed by atoms with Gasteiger partial charge in [0.1, 0.15) is 11.4 Å². The summed E-state index contributed by atoms with van der Waals surface area (Å²) in [6.07, 6.45) is -2.92. The summed E-state index contributed by atoms with van der Waals surface area (Å²) < 4.78 is 38.7. The normalized spacial score (nSPS) is 12.5. The van der Waals surface area contributed by atoms with Crippen molar-refractivity contribution in [3.8, 4) is 5.75 Å². The van der Waals surface area contributed by atoms with Crippen LogP contribution in [0.25, 0.3) is 0 Å². The highest BCUT2D eigenvalue weighted by Crippen LogP contribution is 2.43. The molecule has 3 N–H and O–H groups in total. The molecule has 0 unspecified atom stereocenters. The van der Waals surface area contributed by atoms with Crippen molar-refractivity contribution >= 4 is 17.1 Å². The van der Waals surface area contributed by atoms with Crippen molar-refractivity contribution in [3.05, 3.63) is 51.9 Å². The summed E-state index contributed by atoms with van der Waals surface area (Å²) in [7, 11) is 0. The molecule has 2 rings (SSSR count). The fourth-order valence-corrected chi connectivity index (χ4v) is 3.05. The number of benzene rings is 2. The number of alkyl halides is 3. The van der Waals surface area contributed by atoms with Gasteiger partial charge in [0.2, 0.25) is 0 Å². The van der Waals surface area contributed by atoms with Crippen LogP contribution in [0.4, 0.5) is 30.2 Å². The molecule has 0 amide bonds. The lowest BCUT2D eigenvalue weighted by Gasteiger charge is -2.31. The van der Waals surface area contributed by atoms with E-state index in [9.17, 15) is 23.2 Å². The van der Waals surface area contributed by atoms with Gasteiger partial charge in [0, 0.05) is 5.56 Å². The van der Waals surface area contributed by atoms with E-state index in [1.165, 1.54) is 0 Å². The molecule has 0 aliphatic carbocycles. The van der Waals surface area contributed by atoms with Gasteiger partial charge in [0.25, 0.3) is 0 Å². The van der Waals surface area contributed by atoms with Crippen LogP contribution in [0.5, 0.6) is 5.75 Å². The van der Waals surface area contributed by atoms with Gasteiger partial charge < -0.3 is 5.11 Å². The summed E-state index contributed by atoms with van der Waals surface area (Å²) in [6.45, 7) is 12.4. The van der Waals surface area contributed by atoms with Crippen molar-refractivity contribution in [2.24, 2.45) is 5.18 Å². The van der Waals surface area contributed by atoms with Gasteiger partial charge in [-0.25, -0.2) is 0 Å². The molecule has 170 valence electrons.